The average Bonchev–Trinajstić information content (AvgIpc) is 3.59. The first-order valence-corrected chi connectivity index (χ1v) is 12.6. The third kappa shape index (κ3) is 4.94. The Hall–Kier alpha value is -4.17. The van der Waals surface area contributed by atoms with Crippen molar-refractivity contribution in [3.8, 4) is 5.75 Å². The summed E-state index contributed by atoms with van der Waals surface area (Å²) < 4.78 is 7.21. The highest BCUT2D eigenvalue weighted by Crippen LogP contribution is 2.35. The van der Waals surface area contributed by atoms with Crippen LogP contribution in [-0.4, -0.2) is 35.6 Å². The number of fused-ring (bicyclic) bond motifs is 1. The number of nitrogens with two attached hydrogens (primary N) is 1. The zero-order valence-corrected chi connectivity index (χ0v) is 20.4. The number of rotatable bonds is 7. The predicted octanol–water partition coefficient (Wildman–Crippen LogP) is 5.18. The summed E-state index contributed by atoms with van der Waals surface area (Å²) >= 11 is 1.41. The van der Waals surface area contributed by atoms with E-state index in [9.17, 15) is 9.59 Å². The van der Waals surface area contributed by atoms with Crippen molar-refractivity contribution in [1.29, 1.82) is 5.41 Å². The largest absolute Gasteiger partial charge is 0.475 e. The number of ether oxygens (including phenoxy) is 1. The second-order valence-electron chi connectivity index (χ2n) is 8.67. The Kier molecular flexibility index (Phi) is 6.69. The smallest absolute Gasteiger partial charge is 0.270 e. The highest BCUT2D eigenvalue weighted by Gasteiger charge is 2.25. The number of nitrogen functional groups attached to an aromatic ring is 1. The van der Waals surface area contributed by atoms with Gasteiger partial charge in [-0.3, -0.25) is 15.0 Å². The van der Waals surface area contributed by atoms with Crippen LogP contribution in [0.15, 0.2) is 78.9 Å². The van der Waals surface area contributed by atoms with E-state index in [-0.39, 0.29) is 17.6 Å². The fraction of sp³-hybridized carbons (Fsp3) is 0.179. The van der Waals surface area contributed by atoms with Crippen LogP contribution < -0.4 is 15.8 Å². The first kappa shape index (κ1) is 23.6. The van der Waals surface area contributed by atoms with Gasteiger partial charge >= 0.3 is 0 Å². The Balaban J connectivity index is 1.39. The summed E-state index contributed by atoms with van der Waals surface area (Å²) in [4.78, 5) is 28.6. The van der Waals surface area contributed by atoms with Gasteiger partial charge in [0.1, 0.15) is 11.6 Å². The Bertz CT molecular complexity index is 1410. The molecule has 0 saturated carbocycles. The van der Waals surface area contributed by atoms with Crippen LogP contribution in [0.25, 0.3) is 10.1 Å². The van der Waals surface area contributed by atoms with Crippen molar-refractivity contribution >= 4 is 44.8 Å². The minimum atomic E-state index is -0.914. The van der Waals surface area contributed by atoms with E-state index in [0.717, 1.165) is 36.0 Å². The lowest BCUT2D eigenvalue weighted by Gasteiger charge is -2.20. The van der Waals surface area contributed by atoms with Crippen LogP contribution in [0.3, 0.4) is 0 Å². The molecule has 4 N–H and O–H groups in total. The highest BCUT2D eigenvalue weighted by atomic mass is 32.1. The molecular formula is C28H26N4O3S. The number of carbonyl (C=O) groups excluding carboxylic acids is 2. The fourth-order valence-electron chi connectivity index (χ4n) is 4.30. The second-order valence-corrected chi connectivity index (χ2v) is 9.75. The number of hydrogen-bond acceptors (Lipinski definition) is 5. The van der Waals surface area contributed by atoms with Crippen LogP contribution in [0.1, 0.15) is 39.7 Å². The van der Waals surface area contributed by atoms with Crippen molar-refractivity contribution in [3.63, 3.8) is 0 Å². The molecule has 1 aliphatic rings. The number of anilines is 1. The van der Waals surface area contributed by atoms with Crippen molar-refractivity contribution in [2.75, 3.05) is 18.4 Å². The van der Waals surface area contributed by atoms with E-state index in [4.69, 9.17) is 15.9 Å². The van der Waals surface area contributed by atoms with Gasteiger partial charge in [-0.05, 0) is 55.3 Å². The van der Waals surface area contributed by atoms with E-state index < -0.39 is 6.10 Å². The van der Waals surface area contributed by atoms with Crippen molar-refractivity contribution < 1.29 is 14.3 Å². The zero-order chi connectivity index (χ0) is 25.1. The van der Waals surface area contributed by atoms with Gasteiger partial charge in [0.15, 0.2) is 0 Å². The summed E-state index contributed by atoms with van der Waals surface area (Å²) in [5.41, 5.74) is 7.57. The summed E-state index contributed by atoms with van der Waals surface area (Å²) in [7, 11) is 0. The molecule has 1 aliphatic heterocycles. The van der Waals surface area contributed by atoms with Gasteiger partial charge in [-0.25, -0.2) is 0 Å². The highest BCUT2D eigenvalue weighted by molar-refractivity contribution is 7.20. The van der Waals surface area contributed by atoms with Crippen molar-refractivity contribution in [1.82, 2.24) is 4.90 Å². The molecule has 5 rings (SSSR count). The van der Waals surface area contributed by atoms with Gasteiger partial charge in [0.2, 0.25) is 6.10 Å². The number of carbonyl (C=O) groups is 2. The van der Waals surface area contributed by atoms with Crippen molar-refractivity contribution in [3.05, 3.63) is 94.9 Å². The molecule has 182 valence electrons. The van der Waals surface area contributed by atoms with E-state index in [0.29, 0.717) is 27.4 Å². The molecule has 1 aromatic heterocycles. The third-order valence-corrected chi connectivity index (χ3v) is 7.30. The van der Waals surface area contributed by atoms with Gasteiger partial charge in [0.05, 0.1) is 4.88 Å². The predicted molar refractivity (Wildman–Crippen MR) is 143 cm³/mol. The molecule has 8 heteroatoms. The van der Waals surface area contributed by atoms with Crippen molar-refractivity contribution in [2.45, 2.75) is 18.9 Å². The molecule has 0 aliphatic carbocycles. The number of likely N-dealkylation sites (tertiary alicyclic amines) is 1. The molecule has 7 nitrogen and oxygen atoms in total. The first-order valence-electron chi connectivity index (χ1n) is 11.8. The Morgan fingerprint density at radius 1 is 0.972 bits per heavy atom. The number of amides is 2. The maximum absolute atomic E-state index is 13.4. The summed E-state index contributed by atoms with van der Waals surface area (Å²) in [5.74, 6) is 0.210. The zero-order valence-electron chi connectivity index (χ0n) is 19.6. The minimum Gasteiger partial charge on any atom is -0.475 e. The lowest BCUT2D eigenvalue weighted by molar-refractivity contribution is -0.123. The molecule has 36 heavy (non-hydrogen) atoms. The van der Waals surface area contributed by atoms with Gasteiger partial charge < -0.3 is 20.7 Å². The Morgan fingerprint density at radius 3 is 2.39 bits per heavy atom. The number of hydrogen-bond donors (Lipinski definition) is 3. The standard InChI is InChI=1S/C28H26N4O3S/c29-26(30)24-17-21-22(9-6-10-23(21)36-24)35-25(18-7-2-1-3-8-18)27(33)31-20-13-11-19(12-14-20)28(34)32-15-4-5-16-32/h1-3,6-14,17,25H,4-5,15-16H2,(H3,29,30)(H,31,33). The molecule has 3 aromatic carbocycles. The topological polar surface area (TPSA) is 109 Å². The van der Waals surface area contributed by atoms with E-state index in [1.165, 1.54) is 11.3 Å². The number of thiophene rings is 1. The average molecular weight is 499 g/mol. The number of amidine groups is 1. The van der Waals surface area contributed by atoms with Gasteiger partial charge in [-0.2, -0.15) is 0 Å². The summed E-state index contributed by atoms with van der Waals surface area (Å²) in [6.07, 6.45) is 1.16. The van der Waals surface area contributed by atoms with E-state index in [1.807, 2.05) is 53.4 Å². The van der Waals surface area contributed by atoms with Crippen LogP contribution in [0.5, 0.6) is 5.75 Å². The molecular weight excluding hydrogens is 472 g/mol. The SMILES string of the molecule is N=C(N)c1cc2c(OC(C(=O)Nc3ccc(C(=O)N4CCCC4)cc3)c3ccccc3)cccc2s1. The van der Waals surface area contributed by atoms with Crippen LogP contribution in [0, 0.1) is 5.41 Å². The van der Waals surface area contributed by atoms with E-state index in [2.05, 4.69) is 5.32 Å². The summed E-state index contributed by atoms with van der Waals surface area (Å²) in [6.45, 7) is 1.58. The van der Waals surface area contributed by atoms with Crippen LogP contribution >= 0.6 is 11.3 Å². The molecule has 1 unspecified atom stereocenters. The van der Waals surface area contributed by atoms with Gasteiger partial charge in [-0.1, -0.05) is 36.4 Å². The molecule has 1 atom stereocenters. The minimum absolute atomic E-state index is 0.00818. The van der Waals surface area contributed by atoms with Gasteiger partial charge in [0.25, 0.3) is 11.8 Å². The normalized spacial score (nSPS) is 13.9. The van der Waals surface area contributed by atoms with E-state index >= 15 is 0 Å². The molecule has 0 radical (unpaired) electrons. The van der Waals surface area contributed by atoms with Gasteiger partial charge in [0, 0.05) is 40.0 Å². The molecule has 4 aromatic rings. The molecule has 1 fully saturated rings. The quantitative estimate of drug-likeness (QED) is 0.241. The maximum Gasteiger partial charge on any atom is 0.270 e. The molecule has 0 bridgehead atoms. The third-order valence-electron chi connectivity index (χ3n) is 6.16. The van der Waals surface area contributed by atoms with E-state index in [1.54, 1.807) is 30.3 Å². The van der Waals surface area contributed by atoms with Crippen LogP contribution in [0.4, 0.5) is 5.69 Å². The summed E-state index contributed by atoms with van der Waals surface area (Å²) in [5, 5.41) is 11.5. The van der Waals surface area contributed by atoms with Gasteiger partial charge in [-0.15, -0.1) is 11.3 Å². The Morgan fingerprint density at radius 2 is 1.69 bits per heavy atom. The Labute approximate surface area is 213 Å². The molecule has 2 amide bonds. The van der Waals surface area contributed by atoms with Crippen LogP contribution in [-0.2, 0) is 4.79 Å². The molecule has 2 heterocycles. The number of nitrogens with zero attached hydrogens (tertiary/aromatic N) is 1. The monoisotopic (exact) mass is 498 g/mol. The van der Waals surface area contributed by atoms with Crippen molar-refractivity contribution in [2.24, 2.45) is 5.73 Å². The fourth-order valence-corrected chi connectivity index (χ4v) is 5.24. The summed E-state index contributed by atoms with van der Waals surface area (Å²) in [6, 6.07) is 23.7. The first-order chi connectivity index (χ1) is 17.5. The lowest BCUT2D eigenvalue weighted by Crippen LogP contribution is -2.27. The molecule has 1 saturated heterocycles. The lowest BCUT2D eigenvalue weighted by atomic mass is 10.1. The number of nitrogens with one attached hydrogen (secondary N) is 2. The maximum atomic E-state index is 13.4. The second kappa shape index (κ2) is 10.2. The molecule has 0 spiro atoms. The van der Waals surface area contributed by atoms with Crippen LogP contribution in [0.2, 0.25) is 0 Å². The number of benzene rings is 3.